The first-order valence-electron chi connectivity index (χ1n) is 4.46. The molecule has 0 N–H and O–H groups in total. The molecule has 0 aliphatic rings. The van der Waals surface area contributed by atoms with E-state index < -0.39 is 0 Å². The first-order chi connectivity index (χ1) is 6.09. The Bertz CT molecular complexity index is 287. The number of hydrogen-bond acceptors (Lipinski definition) is 1. The highest BCUT2D eigenvalue weighted by Gasteiger charge is 1.98. The fourth-order valence-corrected chi connectivity index (χ4v) is 1.04. The minimum atomic E-state index is 0.0717. The smallest absolute Gasteiger partial charge is 0.0562 e. The highest BCUT2D eigenvalue weighted by Crippen LogP contribution is 2.08. The fraction of sp³-hybridized carbons (Fsp3) is 0.500. The normalized spacial score (nSPS) is 14.2. The quantitative estimate of drug-likeness (QED) is 0.683. The van der Waals surface area contributed by atoms with Crippen LogP contribution in [0.3, 0.4) is 0 Å². The van der Waals surface area contributed by atoms with Crippen LogP contribution < -0.4 is 0 Å². The van der Waals surface area contributed by atoms with Gasteiger partial charge in [-0.1, -0.05) is 12.2 Å². The van der Waals surface area contributed by atoms with Crippen LogP contribution >= 0.6 is 11.6 Å². The molecule has 0 saturated carbocycles. The van der Waals surface area contributed by atoms with E-state index in [2.05, 4.69) is 18.9 Å². The average Bonchev–Trinajstić information content (AvgIpc) is 2.48. The predicted octanol–water partition coefficient (Wildman–Crippen LogP) is 3.10. The first kappa shape index (κ1) is 10.3. The van der Waals surface area contributed by atoms with E-state index in [0.29, 0.717) is 6.04 Å². The summed E-state index contributed by atoms with van der Waals surface area (Å²) in [5, 5.41) is 4.29. The largest absolute Gasteiger partial charge is 0.270 e. The van der Waals surface area contributed by atoms with E-state index in [4.69, 9.17) is 11.6 Å². The molecule has 0 saturated heterocycles. The summed E-state index contributed by atoms with van der Waals surface area (Å²) in [5.41, 5.74) is 1.10. The number of allylic oxidation sites excluding steroid dienone is 1. The lowest BCUT2D eigenvalue weighted by Gasteiger charge is -2.02. The van der Waals surface area contributed by atoms with Crippen LogP contribution in [0.2, 0.25) is 0 Å². The second-order valence-corrected chi connectivity index (χ2v) is 4.07. The number of aromatic nitrogens is 2. The fourth-order valence-electron chi connectivity index (χ4n) is 0.965. The standard InChI is InChI=1S/C10H15ClN2/c1-8(2)13-7-10(6-12-13)5-4-9(3)11/h4-9H,1-3H3/b5-4+. The zero-order valence-corrected chi connectivity index (χ0v) is 8.99. The van der Waals surface area contributed by atoms with Crippen molar-refractivity contribution in [2.45, 2.75) is 32.2 Å². The van der Waals surface area contributed by atoms with Crippen molar-refractivity contribution in [3.8, 4) is 0 Å². The van der Waals surface area contributed by atoms with Gasteiger partial charge >= 0.3 is 0 Å². The molecular formula is C10H15ClN2. The summed E-state index contributed by atoms with van der Waals surface area (Å²) >= 11 is 5.78. The van der Waals surface area contributed by atoms with Crippen LogP contribution in [0.1, 0.15) is 32.4 Å². The maximum Gasteiger partial charge on any atom is 0.0562 e. The van der Waals surface area contributed by atoms with E-state index in [1.807, 2.05) is 36.2 Å². The number of alkyl halides is 1. The van der Waals surface area contributed by atoms with Crippen molar-refractivity contribution in [1.82, 2.24) is 9.78 Å². The van der Waals surface area contributed by atoms with Gasteiger partial charge in [0, 0.05) is 23.2 Å². The van der Waals surface area contributed by atoms with E-state index in [9.17, 15) is 0 Å². The van der Waals surface area contributed by atoms with Crippen LogP contribution in [0.25, 0.3) is 6.08 Å². The van der Waals surface area contributed by atoms with Crippen LogP contribution in [0.4, 0.5) is 0 Å². The molecule has 0 aromatic carbocycles. The molecule has 0 amide bonds. The second-order valence-electron chi connectivity index (χ2n) is 3.38. The highest BCUT2D eigenvalue weighted by molar-refractivity contribution is 6.21. The summed E-state index contributed by atoms with van der Waals surface area (Å²) in [6.07, 6.45) is 7.79. The van der Waals surface area contributed by atoms with Crippen molar-refractivity contribution in [2.75, 3.05) is 0 Å². The van der Waals surface area contributed by atoms with Crippen molar-refractivity contribution < 1.29 is 0 Å². The van der Waals surface area contributed by atoms with Gasteiger partial charge in [-0.05, 0) is 20.8 Å². The summed E-state index contributed by atoms with van der Waals surface area (Å²) in [5.74, 6) is 0. The van der Waals surface area contributed by atoms with Crippen molar-refractivity contribution in [2.24, 2.45) is 0 Å². The zero-order valence-electron chi connectivity index (χ0n) is 8.24. The van der Waals surface area contributed by atoms with Crippen molar-refractivity contribution >= 4 is 17.7 Å². The van der Waals surface area contributed by atoms with Gasteiger partial charge in [0.15, 0.2) is 0 Å². The summed E-state index contributed by atoms with van der Waals surface area (Å²) in [6, 6.07) is 0.413. The molecule has 0 spiro atoms. The Labute approximate surface area is 84.2 Å². The molecule has 72 valence electrons. The van der Waals surface area contributed by atoms with Gasteiger partial charge in [-0.15, -0.1) is 11.6 Å². The molecule has 1 aromatic heterocycles. The molecule has 0 aliphatic carbocycles. The van der Waals surface area contributed by atoms with E-state index in [1.54, 1.807) is 0 Å². The summed E-state index contributed by atoms with van der Waals surface area (Å²) < 4.78 is 1.93. The highest BCUT2D eigenvalue weighted by atomic mass is 35.5. The molecule has 3 heteroatoms. The van der Waals surface area contributed by atoms with E-state index in [1.165, 1.54) is 0 Å². The van der Waals surface area contributed by atoms with Crippen molar-refractivity contribution in [1.29, 1.82) is 0 Å². The van der Waals surface area contributed by atoms with Gasteiger partial charge in [-0.2, -0.15) is 5.10 Å². The van der Waals surface area contributed by atoms with Crippen molar-refractivity contribution in [3.05, 3.63) is 24.0 Å². The number of nitrogens with zero attached hydrogens (tertiary/aromatic N) is 2. The van der Waals surface area contributed by atoms with Gasteiger partial charge in [0.2, 0.25) is 0 Å². The molecular weight excluding hydrogens is 184 g/mol. The van der Waals surface area contributed by atoms with Crippen LogP contribution in [0, 0.1) is 0 Å². The van der Waals surface area contributed by atoms with Gasteiger partial charge in [0.25, 0.3) is 0 Å². The Balaban J connectivity index is 2.69. The Hall–Kier alpha value is -0.760. The molecule has 0 bridgehead atoms. The monoisotopic (exact) mass is 198 g/mol. The molecule has 1 atom stereocenters. The van der Waals surface area contributed by atoms with E-state index in [0.717, 1.165) is 5.56 Å². The molecule has 2 nitrogen and oxygen atoms in total. The lowest BCUT2D eigenvalue weighted by atomic mass is 10.3. The number of hydrogen-bond donors (Lipinski definition) is 0. The Morgan fingerprint density at radius 3 is 2.62 bits per heavy atom. The van der Waals surface area contributed by atoms with Crippen LogP contribution in [-0.2, 0) is 0 Å². The van der Waals surface area contributed by atoms with Gasteiger partial charge in [0.05, 0.1) is 6.20 Å². The lowest BCUT2D eigenvalue weighted by Crippen LogP contribution is -1.99. The molecule has 0 fully saturated rings. The lowest BCUT2D eigenvalue weighted by molar-refractivity contribution is 0.532. The average molecular weight is 199 g/mol. The zero-order chi connectivity index (χ0) is 9.84. The van der Waals surface area contributed by atoms with Crippen LogP contribution in [-0.4, -0.2) is 15.2 Å². The maximum absolute atomic E-state index is 5.78. The third kappa shape index (κ3) is 3.23. The van der Waals surface area contributed by atoms with Crippen LogP contribution in [0.5, 0.6) is 0 Å². The third-order valence-corrected chi connectivity index (χ3v) is 1.85. The molecule has 1 aromatic rings. The minimum Gasteiger partial charge on any atom is -0.270 e. The SMILES string of the molecule is CC(Cl)/C=C/c1cnn(C(C)C)c1. The van der Waals surface area contributed by atoms with E-state index in [-0.39, 0.29) is 5.38 Å². The van der Waals surface area contributed by atoms with Gasteiger partial charge in [-0.25, -0.2) is 0 Å². The summed E-state index contributed by atoms with van der Waals surface area (Å²) in [7, 11) is 0. The molecule has 1 rings (SSSR count). The minimum absolute atomic E-state index is 0.0717. The van der Waals surface area contributed by atoms with Gasteiger partial charge in [-0.3, -0.25) is 4.68 Å². The molecule has 1 heterocycles. The summed E-state index contributed by atoms with van der Waals surface area (Å²) in [6.45, 7) is 6.14. The molecule has 1 unspecified atom stereocenters. The number of halogens is 1. The third-order valence-electron chi connectivity index (χ3n) is 1.70. The molecule has 0 radical (unpaired) electrons. The predicted molar refractivity (Wildman–Crippen MR) is 57.0 cm³/mol. The molecule has 0 aliphatic heterocycles. The van der Waals surface area contributed by atoms with Gasteiger partial charge in [0.1, 0.15) is 0 Å². The maximum atomic E-state index is 5.78. The van der Waals surface area contributed by atoms with Crippen LogP contribution in [0.15, 0.2) is 18.5 Å². The summed E-state index contributed by atoms with van der Waals surface area (Å²) in [4.78, 5) is 0. The van der Waals surface area contributed by atoms with Crippen molar-refractivity contribution in [3.63, 3.8) is 0 Å². The Kier molecular flexibility index (Phi) is 3.55. The van der Waals surface area contributed by atoms with E-state index >= 15 is 0 Å². The Morgan fingerprint density at radius 2 is 2.15 bits per heavy atom. The molecule has 13 heavy (non-hydrogen) atoms. The first-order valence-corrected chi connectivity index (χ1v) is 4.89. The van der Waals surface area contributed by atoms with Gasteiger partial charge < -0.3 is 0 Å². The Morgan fingerprint density at radius 1 is 1.46 bits per heavy atom. The second kappa shape index (κ2) is 4.47. The number of rotatable bonds is 3. The topological polar surface area (TPSA) is 17.8 Å².